The van der Waals surface area contributed by atoms with E-state index in [4.69, 9.17) is 4.74 Å². The SMILES string of the molecule is CCNC(=NCC(OC)C(C)(C)C)NCCC(=O)N1CCN(c2ccccc2)CC1.I. The van der Waals surface area contributed by atoms with Gasteiger partial charge in [0.25, 0.3) is 0 Å². The zero-order valence-corrected chi connectivity index (χ0v) is 22.0. The fraction of sp³-hybridized carbons (Fsp3) is 0.652. The molecule has 7 nitrogen and oxygen atoms in total. The van der Waals surface area contributed by atoms with Crippen molar-refractivity contribution in [3.05, 3.63) is 30.3 Å². The summed E-state index contributed by atoms with van der Waals surface area (Å²) >= 11 is 0. The van der Waals surface area contributed by atoms with Crippen molar-refractivity contribution in [2.24, 2.45) is 10.4 Å². The van der Waals surface area contributed by atoms with Gasteiger partial charge in [-0.25, -0.2) is 0 Å². The van der Waals surface area contributed by atoms with Crippen LogP contribution in [-0.4, -0.2) is 75.8 Å². The van der Waals surface area contributed by atoms with Gasteiger partial charge in [-0.3, -0.25) is 9.79 Å². The fourth-order valence-corrected chi connectivity index (χ4v) is 3.52. The Morgan fingerprint density at radius 2 is 1.77 bits per heavy atom. The van der Waals surface area contributed by atoms with Crippen LogP contribution in [0.2, 0.25) is 0 Å². The van der Waals surface area contributed by atoms with Crippen molar-refractivity contribution in [1.82, 2.24) is 15.5 Å². The summed E-state index contributed by atoms with van der Waals surface area (Å²) in [5.74, 6) is 0.918. The standard InChI is InChI=1S/C23H39N5O2.HI/c1-6-24-22(26-18-20(30-5)23(2,3)4)25-13-12-21(29)28-16-14-27(15-17-28)19-10-8-7-9-11-19;/h7-11,20H,6,12-18H2,1-5H3,(H2,24,25,26);1H. The number of amides is 1. The molecule has 1 aromatic rings. The molecule has 0 aromatic heterocycles. The maximum Gasteiger partial charge on any atom is 0.224 e. The molecular formula is C23H40IN5O2. The molecule has 1 atom stereocenters. The Bertz CT molecular complexity index is 670. The highest BCUT2D eigenvalue weighted by atomic mass is 127. The molecule has 8 heteroatoms. The number of halogens is 1. The number of ether oxygens (including phenoxy) is 1. The summed E-state index contributed by atoms with van der Waals surface area (Å²) in [6.45, 7) is 13.7. The molecule has 1 saturated heterocycles. The zero-order chi connectivity index (χ0) is 22.0. The second-order valence-electron chi connectivity index (χ2n) is 8.69. The molecule has 1 aromatic carbocycles. The molecule has 0 bridgehead atoms. The average molecular weight is 546 g/mol. The number of nitrogens with zero attached hydrogens (tertiary/aromatic N) is 3. The number of methoxy groups -OCH3 is 1. The number of hydrogen-bond acceptors (Lipinski definition) is 4. The van der Waals surface area contributed by atoms with Crippen molar-refractivity contribution in [1.29, 1.82) is 0 Å². The van der Waals surface area contributed by atoms with E-state index in [1.54, 1.807) is 7.11 Å². The Kier molecular flexibility index (Phi) is 12.2. The number of carbonyl (C=O) groups excluding carboxylic acids is 1. The van der Waals surface area contributed by atoms with Crippen LogP contribution in [0.15, 0.2) is 35.3 Å². The van der Waals surface area contributed by atoms with Crippen LogP contribution in [0.25, 0.3) is 0 Å². The van der Waals surface area contributed by atoms with E-state index in [-0.39, 0.29) is 41.4 Å². The first-order valence-corrected chi connectivity index (χ1v) is 11.0. The third-order valence-electron chi connectivity index (χ3n) is 5.39. The summed E-state index contributed by atoms with van der Waals surface area (Å²) in [7, 11) is 1.72. The lowest BCUT2D eigenvalue weighted by Crippen LogP contribution is -2.49. The van der Waals surface area contributed by atoms with E-state index in [1.165, 1.54) is 5.69 Å². The molecule has 0 radical (unpaired) electrons. The first-order valence-electron chi connectivity index (χ1n) is 11.0. The molecule has 1 unspecified atom stereocenters. The molecule has 1 aliphatic rings. The summed E-state index contributed by atoms with van der Waals surface area (Å²) in [6.07, 6.45) is 0.499. The topological polar surface area (TPSA) is 69.2 Å². The predicted octanol–water partition coefficient (Wildman–Crippen LogP) is 2.96. The lowest BCUT2D eigenvalue weighted by Gasteiger charge is -2.36. The van der Waals surface area contributed by atoms with Crippen molar-refractivity contribution in [2.75, 3.05) is 57.8 Å². The van der Waals surface area contributed by atoms with Crippen molar-refractivity contribution >= 4 is 41.5 Å². The van der Waals surface area contributed by atoms with Gasteiger partial charge < -0.3 is 25.2 Å². The minimum absolute atomic E-state index is 0. The van der Waals surface area contributed by atoms with Crippen LogP contribution in [0.3, 0.4) is 0 Å². The number of piperazine rings is 1. The predicted molar refractivity (Wildman–Crippen MR) is 140 cm³/mol. The first kappa shape index (κ1) is 27.5. The molecule has 2 N–H and O–H groups in total. The number of hydrogen-bond donors (Lipinski definition) is 2. The number of benzene rings is 1. The molecule has 0 saturated carbocycles. The molecule has 0 spiro atoms. The smallest absolute Gasteiger partial charge is 0.224 e. The van der Waals surface area contributed by atoms with Crippen LogP contribution in [0.4, 0.5) is 5.69 Å². The van der Waals surface area contributed by atoms with Gasteiger partial charge in [0.1, 0.15) is 0 Å². The van der Waals surface area contributed by atoms with E-state index < -0.39 is 0 Å². The fourth-order valence-electron chi connectivity index (χ4n) is 3.52. The van der Waals surface area contributed by atoms with Crippen LogP contribution in [0, 0.1) is 5.41 Å². The number of carbonyl (C=O) groups is 1. The number of guanidine groups is 1. The Balaban J connectivity index is 0.00000480. The highest BCUT2D eigenvalue weighted by molar-refractivity contribution is 14.0. The quantitative estimate of drug-likeness (QED) is 0.299. The largest absolute Gasteiger partial charge is 0.379 e. The Labute approximate surface area is 205 Å². The summed E-state index contributed by atoms with van der Waals surface area (Å²) in [4.78, 5) is 21.6. The van der Waals surface area contributed by atoms with E-state index in [2.05, 4.69) is 65.6 Å². The second-order valence-corrected chi connectivity index (χ2v) is 8.69. The van der Waals surface area contributed by atoms with Crippen molar-refractivity contribution in [2.45, 2.75) is 40.2 Å². The normalized spacial score (nSPS) is 15.8. The molecule has 1 fully saturated rings. The van der Waals surface area contributed by atoms with E-state index in [0.29, 0.717) is 19.5 Å². The van der Waals surface area contributed by atoms with Crippen LogP contribution >= 0.6 is 24.0 Å². The molecule has 0 aliphatic carbocycles. The maximum absolute atomic E-state index is 12.6. The van der Waals surface area contributed by atoms with Gasteiger partial charge in [0.15, 0.2) is 5.96 Å². The van der Waals surface area contributed by atoms with Gasteiger partial charge in [0.2, 0.25) is 5.91 Å². The van der Waals surface area contributed by atoms with Crippen LogP contribution in [0.1, 0.15) is 34.1 Å². The van der Waals surface area contributed by atoms with Gasteiger partial charge in [0.05, 0.1) is 12.6 Å². The molecule has 2 rings (SSSR count). The van der Waals surface area contributed by atoms with Crippen molar-refractivity contribution in [3.63, 3.8) is 0 Å². The molecule has 1 amide bonds. The minimum Gasteiger partial charge on any atom is -0.379 e. The van der Waals surface area contributed by atoms with Gasteiger partial charge in [-0.15, -0.1) is 24.0 Å². The number of rotatable bonds is 8. The highest BCUT2D eigenvalue weighted by Crippen LogP contribution is 2.21. The molecular weight excluding hydrogens is 505 g/mol. The Morgan fingerprint density at radius 3 is 2.32 bits per heavy atom. The summed E-state index contributed by atoms with van der Waals surface area (Å²) < 4.78 is 5.58. The highest BCUT2D eigenvalue weighted by Gasteiger charge is 2.24. The number of anilines is 1. The Morgan fingerprint density at radius 1 is 1.13 bits per heavy atom. The average Bonchev–Trinajstić information content (AvgIpc) is 2.74. The number of aliphatic imine (C=N–C) groups is 1. The molecule has 1 heterocycles. The van der Waals surface area contributed by atoms with Crippen molar-refractivity contribution in [3.8, 4) is 0 Å². The molecule has 31 heavy (non-hydrogen) atoms. The van der Waals surface area contributed by atoms with Crippen LogP contribution in [-0.2, 0) is 9.53 Å². The van der Waals surface area contributed by atoms with Gasteiger partial charge in [-0.1, -0.05) is 39.0 Å². The van der Waals surface area contributed by atoms with Gasteiger partial charge in [-0.05, 0) is 24.5 Å². The number of nitrogens with one attached hydrogen (secondary N) is 2. The van der Waals surface area contributed by atoms with E-state index in [0.717, 1.165) is 38.7 Å². The van der Waals surface area contributed by atoms with E-state index in [1.807, 2.05) is 17.9 Å². The monoisotopic (exact) mass is 545 g/mol. The van der Waals surface area contributed by atoms with Gasteiger partial charge >= 0.3 is 0 Å². The van der Waals surface area contributed by atoms with Gasteiger partial charge in [-0.2, -0.15) is 0 Å². The zero-order valence-electron chi connectivity index (χ0n) is 19.7. The first-order chi connectivity index (χ1) is 14.3. The Hall–Kier alpha value is -1.55. The van der Waals surface area contributed by atoms with E-state index >= 15 is 0 Å². The minimum atomic E-state index is 0. The maximum atomic E-state index is 12.6. The summed E-state index contributed by atoms with van der Waals surface area (Å²) in [6, 6.07) is 10.4. The van der Waals surface area contributed by atoms with Crippen LogP contribution < -0.4 is 15.5 Å². The summed E-state index contributed by atoms with van der Waals surface area (Å²) in [5.41, 5.74) is 1.25. The molecule has 176 valence electrons. The van der Waals surface area contributed by atoms with Gasteiger partial charge in [0, 0.05) is 58.5 Å². The van der Waals surface area contributed by atoms with Crippen LogP contribution in [0.5, 0.6) is 0 Å². The lowest BCUT2D eigenvalue weighted by molar-refractivity contribution is -0.131. The van der Waals surface area contributed by atoms with Crippen molar-refractivity contribution < 1.29 is 9.53 Å². The molecule has 1 aliphatic heterocycles. The van der Waals surface area contributed by atoms with E-state index in [9.17, 15) is 4.79 Å². The third-order valence-corrected chi connectivity index (χ3v) is 5.39. The third kappa shape index (κ3) is 9.22. The second kappa shape index (κ2) is 13.8. The number of para-hydroxylation sites is 1. The lowest BCUT2D eigenvalue weighted by atomic mass is 9.89. The summed E-state index contributed by atoms with van der Waals surface area (Å²) in [5, 5.41) is 6.52.